The second kappa shape index (κ2) is 9.59. The fraction of sp³-hybridized carbons (Fsp3) is 0.0556. The van der Waals surface area contributed by atoms with Crippen LogP contribution in [0.25, 0.3) is 6.08 Å². The molecule has 0 aliphatic carbocycles. The number of carbonyl (C=O) groups is 1. The molecule has 0 aliphatic rings. The van der Waals surface area contributed by atoms with Crippen molar-refractivity contribution < 1.29 is 14.1 Å². The molecular weight excluding hydrogens is 439 g/mol. The van der Waals surface area contributed by atoms with Gasteiger partial charge in [-0.15, -0.1) is 10.2 Å². The lowest BCUT2D eigenvalue weighted by molar-refractivity contribution is -0.384. The smallest absolute Gasteiger partial charge is 0.288 e. The van der Waals surface area contributed by atoms with Gasteiger partial charge in [-0.1, -0.05) is 52.9 Å². The maximum atomic E-state index is 12.9. The summed E-state index contributed by atoms with van der Waals surface area (Å²) >= 11 is 8.39. The molecule has 0 saturated carbocycles. The summed E-state index contributed by atoms with van der Waals surface area (Å²) in [6, 6.07) is 10.4. The molecule has 0 atom stereocenters. The molecule has 148 valence electrons. The molecule has 2 aromatic carbocycles. The number of thioether (sulfide) groups is 1. The molecule has 11 heteroatoms. The third-order valence-electron chi connectivity index (χ3n) is 3.51. The molecule has 0 spiro atoms. The van der Waals surface area contributed by atoms with Gasteiger partial charge in [-0.3, -0.25) is 20.2 Å². The largest absolute Gasteiger partial charge is 0.297 e. The van der Waals surface area contributed by atoms with Crippen molar-refractivity contribution >= 4 is 57.5 Å². The Morgan fingerprint density at radius 2 is 2.03 bits per heavy atom. The third kappa shape index (κ3) is 6.08. The highest BCUT2D eigenvalue weighted by Crippen LogP contribution is 2.28. The first kappa shape index (κ1) is 20.9. The van der Waals surface area contributed by atoms with Crippen molar-refractivity contribution in [2.24, 2.45) is 0 Å². The summed E-state index contributed by atoms with van der Waals surface area (Å²) in [5.74, 6) is -0.146. The van der Waals surface area contributed by atoms with Crippen molar-refractivity contribution in [1.29, 1.82) is 0 Å². The molecular formula is C18H12ClFN4O3S2. The number of hydrogen-bond donors (Lipinski definition) is 1. The van der Waals surface area contributed by atoms with Gasteiger partial charge < -0.3 is 0 Å². The quantitative estimate of drug-likeness (QED) is 0.175. The standard InChI is InChI=1S/C18H12ClFN4O3S2/c19-14-7-3-11(9-15(14)24(26)27)4-8-16(25)21-17-22-23-18(29-17)28-10-12-1-5-13(20)6-2-12/h1-9H,10H2,(H,21,22,25)/b8-4+. The minimum absolute atomic E-state index is 0.0242. The molecule has 0 unspecified atom stereocenters. The Morgan fingerprint density at radius 1 is 1.28 bits per heavy atom. The Kier molecular flexibility index (Phi) is 6.91. The zero-order valence-electron chi connectivity index (χ0n) is 14.5. The van der Waals surface area contributed by atoms with Crippen molar-refractivity contribution in [1.82, 2.24) is 10.2 Å². The molecule has 3 aromatic rings. The van der Waals surface area contributed by atoms with Gasteiger partial charge in [0.1, 0.15) is 10.8 Å². The lowest BCUT2D eigenvalue weighted by Crippen LogP contribution is -2.07. The lowest BCUT2D eigenvalue weighted by Gasteiger charge is -1.98. The molecule has 29 heavy (non-hydrogen) atoms. The molecule has 0 radical (unpaired) electrons. The normalized spacial score (nSPS) is 11.0. The van der Waals surface area contributed by atoms with Crippen LogP contribution in [-0.2, 0) is 10.5 Å². The first-order chi connectivity index (χ1) is 13.9. The zero-order valence-corrected chi connectivity index (χ0v) is 16.9. The van der Waals surface area contributed by atoms with Gasteiger partial charge in [0.05, 0.1) is 4.92 Å². The van der Waals surface area contributed by atoms with Gasteiger partial charge in [-0.25, -0.2) is 4.39 Å². The van der Waals surface area contributed by atoms with Crippen LogP contribution < -0.4 is 5.32 Å². The van der Waals surface area contributed by atoms with Crippen molar-refractivity contribution in [2.75, 3.05) is 5.32 Å². The molecule has 0 fully saturated rings. The number of nitro groups is 1. The summed E-state index contributed by atoms with van der Waals surface area (Å²) in [6.45, 7) is 0. The number of halogens is 2. The minimum atomic E-state index is -0.591. The molecule has 1 heterocycles. The average Bonchev–Trinajstić information content (AvgIpc) is 3.14. The molecule has 1 N–H and O–H groups in total. The summed E-state index contributed by atoms with van der Waals surface area (Å²) in [7, 11) is 0. The van der Waals surface area contributed by atoms with Crippen LogP contribution in [-0.4, -0.2) is 21.0 Å². The number of aromatic nitrogens is 2. The number of amides is 1. The second-order valence-electron chi connectivity index (χ2n) is 5.58. The Hall–Kier alpha value is -2.82. The Balaban J connectivity index is 1.56. The summed E-state index contributed by atoms with van der Waals surface area (Å²) in [6.07, 6.45) is 2.67. The topological polar surface area (TPSA) is 98.0 Å². The molecule has 0 saturated heterocycles. The summed E-state index contributed by atoms with van der Waals surface area (Å²) in [5, 5.41) is 21.7. The van der Waals surface area contributed by atoms with E-state index in [0.717, 1.165) is 5.56 Å². The number of benzene rings is 2. The highest BCUT2D eigenvalue weighted by atomic mass is 35.5. The van der Waals surface area contributed by atoms with E-state index in [0.29, 0.717) is 20.8 Å². The third-order valence-corrected chi connectivity index (χ3v) is 5.87. The first-order valence-corrected chi connectivity index (χ1v) is 10.2. The number of nitro benzene ring substituents is 1. The van der Waals surface area contributed by atoms with Gasteiger partial charge in [-0.05, 0) is 35.4 Å². The van der Waals surface area contributed by atoms with Crippen molar-refractivity contribution in [3.8, 4) is 0 Å². The minimum Gasteiger partial charge on any atom is -0.297 e. The maximum Gasteiger partial charge on any atom is 0.288 e. The van der Waals surface area contributed by atoms with Crippen LogP contribution in [0.3, 0.4) is 0 Å². The van der Waals surface area contributed by atoms with E-state index in [1.54, 1.807) is 18.2 Å². The summed E-state index contributed by atoms with van der Waals surface area (Å²) in [5.41, 5.74) is 1.17. The van der Waals surface area contributed by atoms with E-state index in [-0.39, 0.29) is 16.5 Å². The number of anilines is 1. The Morgan fingerprint density at radius 3 is 2.76 bits per heavy atom. The fourth-order valence-electron chi connectivity index (χ4n) is 2.14. The van der Waals surface area contributed by atoms with Gasteiger partial charge in [-0.2, -0.15) is 0 Å². The number of carbonyl (C=O) groups excluding carboxylic acids is 1. The molecule has 3 rings (SSSR count). The van der Waals surface area contributed by atoms with E-state index >= 15 is 0 Å². The molecule has 1 amide bonds. The van der Waals surface area contributed by atoms with Crippen LogP contribution >= 0.6 is 34.7 Å². The lowest BCUT2D eigenvalue weighted by atomic mass is 10.2. The number of rotatable bonds is 7. The molecule has 0 aliphatic heterocycles. The van der Waals surface area contributed by atoms with Gasteiger partial charge in [0.25, 0.3) is 5.69 Å². The van der Waals surface area contributed by atoms with Crippen molar-refractivity contribution in [3.63, 3.8) is 0 Å². The summed E-state index contributed by atoms with van der Waals surface area (Å²) in [4.78, 5) is 22.3. The van der Waals surface area contributed by atoms with E-state index in [2.05, 4.69) is 15.5 Å². The predicted molar refractivity (Wildman–Crippen MR) is 112 cm³/mol. The average molecular weight is 451 g/mol. The van der Waals surface area contributed by atoms with E-state index in [1.165, 1.54) is 59.5 Å². The summed E-state index contributed by atoms with van der Waals surface area (Å²) < 4.78 is 13.6. The highest BCUT2D eigenvalue weighted by molar-refractivity contribution is 8.00. The van der Waals surface area contributed by atoms with Gasteiger partial charge in [0.15, 0.2) is 4.34 Å². The van der Waals surface area contributed by atoms with Crippen LogP contribution in [0.2, 0.25) is 5.02 Å². The van der Waals surface area contributed by atoms with Crippen LogP contribution in [0.1, 0.15) is 11.1 Å². The SMILES string of the molecule is O=C(/C=C/c1ccc(Cl)c([N+](=O)[O-])c1)Nc1nnc(SCc2ccc(F)cc2)s1. The van der Waals surface area contributed by atoms with Crippen molar-refractivity contribution in [3.05, 3.63) is 80.6 Å². The van der Waals surface area contributed by atoms with E-state index in [9.17, 15) is 19.3 Å². The van der Waals surface area contributed by atoms with Gasteiger partial charge in [0.2, 0.25) is 11.0 Å². The van der Waals surface area contributed by atoms with E-state index < -0.39 is 10.8 Å². The zero-order chi connectivity index (χ0) is 20.8. The maximum absolute atomic E-state index is 12.9. The molecule has 1 aromatic heterocycles. The monoisotopic (exact) mass is 450 g/mol. The Labute approximate surface area is 177 Å². The van der Waals surface area contributed by atoms with Gasteiger partial charge >= 0.3 is 0 Å². The van der Waals surface area contributed by atoms with Crippen LogP contribution in [0.5, 0.6) is 0 Å². The van der Waals surface area contributed by atoms with Gasteiger partial charge in [0, 0.05) is 17.9 Å². The molecule has 0 bridgehead atoms. The Bertz CT molecular complexity index is 1070. The highest BCUT2D eigenvalue weighted by Gasteiger charge is 2.12. The van der Waals surface area contributed by atoms with Crippen LogP contribution in [0, 0.1) is 15.9 Å². The first-order valence-electron chi connectivity index (χ1n) is 8.04. The van der Waals surface area contributed by atoms with Crippen LogP contribution in [0.4, 0.5) is 15.2 Å². The number of nitrogens with zero attached hydrogens (tertiary/aromatic N) is 3. The number of nitrogens with one attached hydrogen (secondary N) is 1. The second-order valence-corrected chi connectivity index (χ2v) is 8.19. The molecule has 7 nitrogen and oxygen atoms in total. The fourth-order valence-corrected chi connectivity index (χ4v) is 4.03. The van der Waals surface area contributed by atoms with Crippen LogP contribution in [0.15, 0.2) is 52.9 Å². The predicted octanol–water partition coefficient (Wildman–Crippen LogP) is 5.18. The van der Waals surface area contributed by atoms with Crippen molar-refractivity contribution in [2.45, 2.75) is 10.1 Å². The number of hydrogen-bond acceptors (Lipinski definition) is 7. The van der Waals surface area contributed by atoms with E-state index in [1.807, 2.05) is 0 Å². The van der Waals surface area contributed by atoms with E-state index in [4.69, 9.17) is 11.6 Å².